The molecule has 0 saturated heterocycles. The number of aromatic amines is 1. The molecule has 0 atom stereocenters. The topological polar surface area (TPSA) is 110 Å². The molecule has 4 N–H and O–H groups in total. The van der Waals surface area contributed by atoms with Gasteiger partial charge in [-0.2, -0.15) is 0 Å². The minimum atomic E-state index is -0.715. The van der Waals surface area contributed by atoms with Crippen LogP contribution in [0.4, 0.5) is 11.5 Å². The zero-order valence-electron chi connectivity index (χ0n) is 6.83. The molecule has 1 amide bonds. The van der Waals surface area contributed by atoms with E-state index in [0.717, 1.165) is 4.57 Å². The van der Waals surface area contributed by atoms with Crippen LogP contribution in [0.15, 0.2) is 9.59 Å². The second-order valence-electron chi connectivity index (χ2n) is 2.34. The molecule has 0 saturated carbocycles. The molecular formula is C6H8N4O3. The lowest BCUT2D eigenvalue weighted by molar-refractivity contribution is -0.105. The third-order valence-electron chi connectivity index (χ3n) is 1.56. The maximum absolute atomic E-state index is 11.0. The van der Waals surface area contributed by atoms with E-state index in [9.17, 15) is 14.4 Å². The molecule has 0 fully saturated rings. The van der Waals surface area contributed by atoms with Crippen LogP contribution in [0.25, 0.3) is 0 Å². The monoisotopic (exact) mass is 184 g/mol. The van der Waals surface area contributed by atoms with E-state index in [2.05, 4.69) is 5.32 Å². The fourth-order valence-electron chi connectivity index (χ4n) is 0.868. The van der Waals surface area contributed by atoms with E-state index in [1.807, 2.05) is 4.98 Å². The van der Waals surface area contributed by atoms with Crippen molar-refractivity contribution in [2.75, 3.05) is 11.1 Å². The molecule has 0 aromatic carbocycles. The summed E-state index contributed by atoms with van der Waals surface area (Å²) >= 11 is 0. The maximum atomic E-state index is 11.0. The molecular weight excluding hydrogens is 176 g/mol. The van der Waals surface area contributed by atoms with E-state index >= 15 is 0 Å². The van der Waals surface area contributed by atoms with Crippen molar-refractivity contribution in [1.29, 1.82) is 0 Å². The highest BCUT2D eigenvalue weighted by molar-refractivity contribution is 5.76. The number of nitrogen functional groups attached to an aromatic ring is 1. The lowest BCUT2D eigenvalue weighted by atomic mass is 10.4. The molecule has 13 heavy (non-hydrogen) atoms. The number of aromatic nitrogens is 2. The average Bonchev–Trinajstić information content (AvgIpc) is 2.09. The molecule has 70 valence electrons. The van der Waals surface area contributed by atoms with Crippen molar-refractivity contribution < 1.29 is 4.79 Å². The molecule has 0 aliphatic rings. The van der Waals surface area contributed by atoms with Crippen LogP contribution in [0.3, 0.4) is 0 Å². The van der Waals surface area contributed by atoms with Gasteiger partial charge in [0.25, 0.3) is 5.56 Å². The van der Waals surface area contributed by atoms with Crippen LogP contribution < -0.4 is 22.3 Å². The first-order valence-corrected chi connectivity index (χ1v) is 3.37. The third kappa shape index (κ3) is 1.43. The number of hydrogen-bond acceptors (Lipinski definition) is 4. The molecule has 1 aromatic rings. The summed E-state index contributed by atoms with van der Waals surface area (Å²) in [7, 11) is 1.38. The molecule has 0 radical (unpaired) electrons. The molecule has 0 spiro atoms. The fraction of sp³-hybridized carbons (Fsp3) is 0.167. The van der Waals surface area contributed by atoms with Crippen molar-refractivity contribution in [1.82, 2.24) is 9.55 Å². The molecule has 1 heterocycles. The predicted octanol–water partition coefficient (Wildman–Crippen LogP) is -1.78. The minimum Gasteiger partial charge on any atom is -0.391 e. The highest BCUT2D eigenvalue weighted by Crippen LogP contribution is 2.06. The molecule has 0 aliphatic carbocycles. The van der Waals surface area contributed by atoms with Gasteiger partial charge in [0.1, 0.15) is 11.5 Å². The van der Waals surface area contributed by atoms with Gasteiger partial charge in [-0.05, 0) is 0 Å². The van der Waals surface area contributed by atoms with Gasteiger partial charge >= 0.3 is 5.69 Å². The van der Waals surface area contributed by atoms with Crippen molar-refractivity contribution in [2.45, 2.75) is 0 Å². The van der Waals surface area contributed by atoms with Crippen molar-refractivity contribution in [3.63, 3.8) is 0 Å². The highest BCUT2D eigenvalue weighted by atomic mass is 16.2. The van der Waals surface area contributed by atoms with Gasteiger partial charge in [0.05, 0.1) is 0 Å². The van der Waals surface area contributed by atoms with Crippen LogP contribution in [-0.2, 0) is 11.8 Å². The Morgan fingerprint density at radius 3 is 2.69 bits per heavy atom. The van der Waals surface area contributed by atoms with Crippen LogP contribution in [0.5, 0.6) is 0 Å². The van der Waals surface area contributed by atoms with Crippen molar-refractivity contribution in [2.24, 2.45) is 7.05 Å². The average molecular weight is 184 g/mol. The molecule has 0 unspecified atom stereocenters. The smallest absolute Gasteiger partial charge is 0.329 e. The molecule has 1 rings (SSSR count). The summed E-state index contributed by atoms with van der Waals surface area (Å²) < 4.78 is 1.03. The Balaban J connectivity index is 3.55. The van der Waals surface area contributed by atoms with Gasteiger partial charge in [-0.1, -0.05) is 0 Å². The Morgan fingerprint density at radius 1 is 1.54 bits per heavy atom. The maximum Gasteiger partial charge on any atom is 0.329 e. The number of H-pyrrole nitrogens is 1. The zero-order chi connectivity index (χ0) is 10.0. The van der Waals surface area contributed by atoms with Crippen LogP contribution >= 0.6 is 0 Å². The molecule has 7 nitrogen and oxygen atoms in total. The van der Waals surface area contributed by atoms with E-state index in [-0.39, 0.29) is 11.5 Å². The van der Waals surface area contributed by atoms with Crippen LogP contribution in [0.1, 0.15) is 0 Å². The molecule has 7 heteroatoms. The summed E-state index contributed by atoms with van der Waals surface area (Å²) in [5, 5.41) is 2.16. The Labute approximate surface area is 72.2 Å². The van der Waals surface area contributed by atoms with E-state index < -0.39 is 11.2 Å². The van der Waals surface area contributed by atoms with Crippen LogP contribution in [0.2, 0.25) is 0 Å². The van der Waals surface area contributed by atoms with Gasteiger partial charge in [-0.15, -0.1) is 0 Å². The number of nitrogens with one attached hydrogen (secondary N) is 2. The van der Waals surface area contributed by atoms with E-state index in [0.29, 0.717) is 6.41 Å². The number of rotatable bonds is 2. The SMILES string of the molecule is Cn1c(NC=O)c(N)c(=O)[nH]c1=O. The lowest BCUT2D eigenvalue weighted by Crippen LogP contribution is -2.32. The summed E-state index contributed by atoms with van der Waals surface area (Å²) in [6, 6.07) is 0. The second kappa shape index (κ2) is 3.13. The van der Waals surface area contributed by atoms with Crippen LogP contribution in [0, 0.1) is 0 Å². The van der Waals surface area contributed by atoms with Gasteiger partial charge in [-0.3, -0.25) is 19.1 Å². The standard InChI is InChI=1S/C6H8N4O3/c1-10-4(8-2-11)3(7)5(12)9-6(10)13/h2H,7H2,1H3,(H,8,11)(H,9,12,13). The Bertz CT molecular complexity index is 410. The van der Waals surface area contributed by atoms with Gasteiger partial charge in [-0.25, -0.2) is 4.79 Å². The number of anilines is 2. The number of carbonyl (C=O) groups excluding carboxylic acids is 1. The Kier molecular flexibility index (Phi) is 2.18. The molecule has 0 bridgehead atoms. The number of nitrogens with two attached hydrogens (primary N) is 1. The van der Waals surface area contributed by atoms with E-state index in [1.54, 1.807) is 0 Å². The number of carbonyl (C=O) groups is 1. The van der Waals surface area contributed by atoms with Crippen molar-refractivity contribution in [3.05, 3.63) is 20.8 Å². The van der Waals surface area contributed by atoms with Gasteiger partial charge in [0, 0.05) is 7.05 Å². The molecule has 0 aliphatic heterocycles. The first-order chi connectivity index (χ1) is 6.07. The number of nitrogens with zero attached hydrogens (tertiary/aromatic N) is 1. The predicted molar refractivity (Wildman–Crippen MR) is 46.4 cm³/mol. The normalized spacial score (nSPS) is 9.62. The Morgan fingerprint density at radius 2 is 2.15 bits per heavy atom. The summed E-state index contributed by atoms with van der Waals surface area (Å²) in [6.45, 7) is 0. The largest absolute Gasteiger partial charge is 0.391 e. The Hall–Kier alpha value is -2.05. The van der Waals surface area contributed by atoms with Gasteiger partial charge in [0.15, 0.2) is 0 Å². The zero-order valence-corrected chi connectivity index (χ0v) is 6.83. The third-order valence-corrected chi connectivity index (χ3v) is 1.56. The summed E-state index contributed by atoms with van der Waals surface area (Å²) in [5.74, 6) is -0.0104. The first-order valence-electron chi connectivity index (χ1n) is 3.37. The van der Waals surface area contributed by atoms with Crippen molar-refractivity contribution in [3.8, 4) is 0 Å². The highest BCUT2D eigenvalue weighted by Gasteiger charge is 2.07. The van der Waals surface area contributed by atoms with E-state index in [4.69, 9.17) is 5.73 Å². The number of hydrogen-bond donors (Lipinski definition) is 3. The van der Waals surface area contributed by atoms with E-state index in [1.165, 1.54) is 7.05 Å². The fourth-order valence-corrected chi connectivity index (χ4v) is 0.868. The first kappa shape index (κ1) is 9.04. The lowest BCUT2D eigenvalue weighted by Gasteiger charge is -2.06. The van der Waals surface area contributed by atoms with Gasteiger partial charge in [0.2, 0.25) is 6.41 Å². The quantitative estimate of drug-likeness (QED) is 0.472. The number of amides is 1. The summed E-state index contributed by atoms with van der Waals surface area (Å²) in [6.07, 6.45) is 0.338. The second-order valence-corrected chi connectivity index (χ2v) is 2.34. The van der Waals surface area contributed by atoms with Crippen LogP contribution in [-0.4, -0.2) is 16.0 Å². The minimum absolute atomic E-state index is 0.0104. The molecule has 1 aromatic heterocycles. The summed E-state index contributed by atoms with van der Waals surface area (Å²) in [5.41, 5.74) is 3.76. The summed E-state index contributed by atoms with van der Waals surface area (Å²) in [4.78, 5) is 34.0. The van der Waals surface area contributed by atoms with Gasteiger partial charge < -0.3 is 11.1 Å². The van der Waals surface area contributed by atoms with Crippen molar-refractivity contribution >= 4 is 17.9 Å².